The summed E-state index contributed by atoms with van der Waals surface area (Å²) in [5.74, 6) is -2.64. The molecule has 2 aliphatic rings. The summed E-state index contributed by atoms with van der Waals surface area (Å²) in [6.45, 7) is 1.66. The number of carbonyl (C=O) groups is 3. The third kappa shape index (κ3) is 4.20. The van der Waals surface area contributed by atoms with E-state index in [1.807, 2.05) is 36.6 Å². The number of nitrogens with one attached hydrogen (secondary N) is 1. The number of aromatic nitrogens is 1. The highest BCUT2D eigenvalue weighted by molar-refractivity contribution is 8.00. The van der Waals surface area contributed by atoms with Crippen LogP contribution in [-0.2, 0) is 20.9 Å². The van der Waals surface area contributed by atoms with Crippen molar-refractivity contribution >= 4 is 63.5 Å². The van der Waals surface area contributed by atoms with Crippen molar-refractivity contribution in [3.05, 3.63) is 96.8 Å². The molecule has 0 saturated carbocycles. The number of aryl methyl sites for hydroxylation is 1. The van der Waals surface area contributed by atoms with Gasteiger partial charge in [-0.25, -0.2) is 9.29 Å². The SMILES string of the molecule is Cc1ccc(N2C(=O)[C@@H]3[C@H](c4cccs4)c4sc(=O)n(CC(=O)Nc5ccc(F)cc5)c4S[C@@H]3C2=O)cc1. The van der Waals surface area contributed by atoms with Crippen molar-refractivity contribution in [2.75, 3.05) is 10.2 Å². The lowest BCUT2D eigenvalue weighted by Crippen LogP contribution is -2.32. The summed E-state index contributed by atoms with van der Waals surface area (Å²) in [6, 6.07) is 16.4. The number of carbonyl (C=O) groups excluding carboxylic acids is 3. The minimum absolute atomic E-state index is 0.270. The predicted octanol–water partition coefficient (Wildman–Crippen LogP) is 4.85. The van der Waals surface area contributed by atoms with Gasteiger partial charge < -0.3 is 5.32 Å². The van der Waals surface area contributed by atoms with Crippen molar-refractivity contribution in [1.82, 2.24) is 4.57 Å². The van der Waals surface area contributed by atoms with Gasteiger partial charge in [0.05, 0.1) is 16.6 Å². The van der Waals surface area contributed by atoms with Crippen LogP contribution in [0.1, 0.15) is 21.2 Å². The zero-order valence-corrected chi connectivity index (χ0v) is 22.4. The molecule has 0 bridgehead atoms. The lowest BCUT2D eigenvalue weighted by atomic mass is 9.87. The number of hydrogen-bond donors (Lipinski definition) is 1. The summed E-state index contributed by atoms with van der Waals surface area (Å²) in [5.41, 5.74) is 1.94. The zero-order chi connectivity index (χ0) is 26.6. The smallest absolute Gasteiger partial charge is 0.308 e. The average molecular weight is 566 g/mol. The maximum Gasteiger partial charge on any atom is 0.308 e. The molecule has 2 aromatic carbocycles. The largest absolute Gasteiger partial charge is 0.325 e. The van der Waals surface area contributed by atoms with Crippen LogP contribution in [0.2, 0.25) is 0 Å². The fourth-order valence-electron chi connectivity index (χ4n) is 4.86. The number of halogens is 1. The molecular formula is C27H20FN3O4S3. The Bertz CT molecular complexity index is 1610. The van der Waals surface area contributed by atoms with Crippen LogP contribution in [0.3, 0.4) is 0 Å². The normalized spacial score (nSPS) is 20.4. The molecule has 2 aromatic heterocycles. The lowest BCUT2D eigenvalue weighted by molar-refractivity contribution is -0.122. The van der Waals surface area contributed by atoms with Crippen LogP contribution in [0.4, 0.5) is 15.8 Å². The molecule has 1 N–H and O–H groups in total. The summed E-state index contributed by atoms with van der Waals surface area (Å²) >= 11 is 3.65. The van der Waals surface area contributed by atoms with E-state index in [2.05, 4.69) is 5.32 Å². The Morgan fingerprint density at radius 2 is 1.74 bits per heavy atom. The van der Waals surface area contributed by atoms with E-state index in [1.165, 1.54) is 56.8 Å². The molecule has 0 aliphatic carbocycles. The van der Waals surface area contributed by atoms with Gasteiger partial charge in [0, 0.05) is 21.4 Å². The highest BCUT2D eigenvalue weighted by atomic mass is 32.2. The number of fused-ring (bicyclic) bond motifs is 2. The summed E-state index contributed by atoms with van der Waals surface area (Å²) in [5, 5.41) is 4.38. The number of nitrogens with zero attached hydrogens (tertiary/aromatic N) is 2. The number of amides is 3. The molecule has 11 heteroatoms. The Morgan fingerprint density at radius 3 is 2.42 bits per heavy atom. The van der Waals surface area contributed by atoms with Crippen LogP contribution in [0.25, 0.3) is 0 Å². The number of thioether (sulfide) groups is 1. The Balaban J connectivity index is 1.38. The maximum atomic E-state index is 13.8. The van der Waals surface area contributed by atoms with Crippen molar-refractivity contribution in [2.45, 2.75) is 29.7 Å². The van der Waals surface area contributed by atoms with Crippen LogP contribution in [0, 0.1) is 18.7 Å². The first-order valence-corrected chi connectivity index (χ1v) is 14.3. The van der Waals surface area contributed by atoms with E-state index < -0.39 is 28.8 Å². The van der Waals surface area contributed by atoms with E-state index in [1.54, 1.807) is 12.1 Å². The number of thiazole rings is 1. The van der Waals surface area contributed by atoms with Crippen molar-refractivity contribution in [3.8, 4) is 0 Å². The van der Waals surface area contributed by atoms with E-state index in [0.717, 1.165) is 21.8 Å². The molecule has 4 aromatic rings. The van der Waals surface area contributed by atoms with Gasteiger partial charge in [0.25, 0.3) is 0 Å². The van der Waals surface area contributed by atoms with Gasteiger partial charge in [0.2, 0.25) is 17.7 Å². The predicted molar refractivity (Wildman–Crippen MR) is 147 cm³/mol. The maximum absolute atomic E-state index is 13.8. The summed E-state index contributed by atoms with van der Waals surface area (Å²) in [4.78, 5) is 55.9. The highest BCUT2D eigenvalue weighted by Crippen LogP contribution is 2.54. The first-order chi connectivity index (χ1) is 18.3. The number of anilines is 2. The van der Waals surface area contributed by atoms with Gasteiger partial charge >= 0.3 is 4.87 Å². The van der Waals surface area contributed by atoms with Gasteiger partial charge in [-0.15, -0.1) is 11.3 Å². The Hall–Kier alpha value is -3.54. The summed E-state index contributed by atoms with van der Waals surface area (Å²) in [6.07, 6.45) is 0. The number of hydrogen-bond acceptors (Lipinski definition) is 7. The summed E-state index contributed by atoms with van der Waals surface area (Å²) in [7, 11) is 0. The van der Waals surface area contributed by atoms with Crippen molar-refractivity contribution in [1.29, 1.82) is 0 Å². The Kier molecular flexibility index (Phi) is 6.29. The first-order valence-electron chi connectivity index (χ1n) is 11.8. The third-order valence-electron chi connectivity index (χ3n) is 6.62. The molecule has 2 aliphatic heterocycles. The number of thiophene rings is 1. The minimum Gasteiger partial charge on any atom is -0.325 e. The molecule has 3 atom stereocenters. The topological polar surface area (TPSA) is 88.5 Å². The molecule has 192 valence electrons. The molecule has 0 radical (unpaired) electrons. The van der Waals surface area contributed by atoms with Crippen molar-refractivity contribution in [2.24, 2.45) is 5.92 Å². The highest BCUT2D eigenvalue weighted by Gasteiger charge is 2.57. The number of benzene rings is 2. The van der Waals surface area contributed by atoms with Gasteiger partial charge in [0.15, 0.2) is 0 Å². The Labute approximate surface area is 228 Å². The van der Waals surface area contributed by atoms with Gasteiger partial charge in [0.1, 0.15) is 17.6 Å². The molecular weight excluding hydrogens is 546 g/mol. The molecule has 1 fully saturated rings. The standard InChI is InChI=1S/C27H20FN3O4S3/c1-14-4-10-17(11-5-14)31-24(33)21-20(18-3-2-12-36-18)23-26(37-22(21)25(31)34)30(27(35)38-23)13-19(32)29-16-8-6-15(28)7-9-16/h2-12,20-22H,13H2,1H3,(H,29,32)/t20-,21+,22-/m0/s1. The molecule has 0 unspecified atom stereocenters. The zero-order valence-electron chi connectivity index (χ0n) is 19.9. The van der Waals surface area contributed by atoms with Crippen LogP contribution in [0.5, 0.6) is 0 Å². The van der Waals surface area contributed by atoms with Gasteiger partial charge in [-0.05, 0) is 54.8 Å². The monoisotopic (exact) mass is 565 g/mol. The van der Waals surface area contributed by atoms with E-state index >= 15 is 0 Å². The van der Waals surface area contributed by atoms with E-state index in [0.29, 0.717) is 21.3 Å². The number of rotatable bonds is 5. The second-order valence-electron chi connectivity index (χ2n) is 9.08. The second kappa shape index (κ2) is 9.64. The molecule has 6 rings (SSSR count). The third-order valence-corrected chi connectivity index (χ3v) is 10.2. The van der Waals surface area contributed by atoms with Crippen LogP contribution in [0.15, 0.2) is 75.9 Å². The molecule has 0 spiro atoms. The van der Waals surface area contributed by atoms with E-state index in [9.17, 15) is 23.6 Å². The van der Waals surface area contributed by atoms with Gasteiger partial charge in [-0.3, -0.25) is 23.7 Å². The molecule has 1 saturated heterocycles. The second-order valence-corrected chi connectivity index (χ2v) is 12.2. The molecule has 3 amide bonds. The quantitative estimate of drug-likeness (QED) is 0.350. The van der Waals surface area contributed by atoms with Gasteiger partial charge in [-0.2, -0.15) is 0 Å². The van der Waals surface area contributed by atoms with Gasteiger partial charge in [-0.1, -0.05) is 46.9 Å². The molecule has 7 nitrogen and oxygen atoms in total. The van der Waals surface area contributed by atoms with Crippen LogP contribution >= 0.6 is 34.4 Å². The van der Waals surface area contributed by atoms with Crippen molar-refractivity contribution < 1.29 is 18.8 Å². The Morgan fingerprint density at radius 1 is 1.00 bits per heavy atom. The van der Waals surface area contributed by atoms with Crippen LogP contribution in [-0.4, -0.2) is 27.5 Å². The number of imide groups is 1. The summed E-state index contributed by atoms with van der Waals surface area (Å²) < 4.78 is 14.6. The van der Waals surface area contributed by atoms with Crippen molar-refractivity contribution in [3.63, 3.8) is 0 Å². The molecule has 4 heterocycles. The van der Waals surface area contributed by atoms with Crippen LogP contribution < -0.4 is 15.1 Å². The minimum atomic E-state index is -0.733. The lowest BCUT2D eigenvalue weighted by Gasteiger charge is -2.29. The molecule has 38 heavy (non-hydrogen) atoms. The fraction of sp³-hybridized carbons (Fsp3) is 0.185. The van der Waals surface area contributed by atoms with E-state index in [-0.39, 0.29) is 23.2 Å². The van der Waals surface area contributed by atoms with E-state index in [4.69, 9.17) is 0 Å². The fourth-order valence-corrected chi connectivity index (χ4v) is 8.58. The first kappa shape index (κ1) is 24.8. The average Bonchev–Trinajstić information content (AvgIpc) is 3.59.